The minimum absolute atomic E-state index is 0.135. The van der Waals surface area contributed by atoms with Crippen molar-refractivity contribution in [1.82, 2.24) is 15.3 Å². The molecule has 0 unspecified atom stereocenters. The van der Waals surface area contributed by atoms with E-state index in [4.69, 9.17) is 14.2 Å². The molecular formula is C25H35F2N5O3. The quantitative estimate of drug-likeness (QED) is 0.511. The third kappa shape index (κ3) is 7.63. The van der Waals surface area contributed by atoms with E-state index < -0.39 is 5.92 Å². The second-order valence-electron chi connectivity index (χ2n) is 9.32. The van der Waals surface area contributed by atoms with Crippen LogP contribution in [0.2, 0.25) is 0 Å². The molecule has 1 aromatic carbocycles. The number of anilines is 3. The number of nitrogens with zero attached hydrogens (tertiary/aromatic N) is 3. The Bertz CT molecular complexity index is 928. The first-order valence-corrected chi connectivity index (χ1v) is 12.2. The number of hydrogen-bond acceptors (Lipinski definition) is 8. The van der Waals surface area contributed by atoms with Crippen molar-refractivity contribution in [2.75, 3.05) is 56.8 Å². The lowest BCUT2D eigenvalue weighted by molar-refractivity contribution is 0.0177. The summed E-state index contributed by atoms with van der Waals surface area (Å²) in [5.41, 5.74) is 2.04. The summed E-state index contributed by atoms with van der Waals surface area (Å²) in [6.45, 7) is 4.44. The highest BCUT2D eigenvalue weighted by molar-refractivity contribution is 5.60. The number of rotatable bonds is 10. The molecule has 2 aromatic rings. The lowest BCUT2D eigenvalue weighted by atomic mass is 9.86. The monoisotopic (exact) mass is 491 g/mol. The lowest BCUT2D eigenvalue weighted by Crippen LogP contribution is -2.40. The second-order valence-corrected chi connectivity index (χ2v) is 9.32. The molecular weight excluding hydrogens is 456 g/mol. The molecule has 35 heavy (non-hydrogen) atoms. The Morgan fingerprint density at radius 1 is 1.11 bits per heavy atom. The van der Waals surface area contributed by atoms with Gasteiger partial charge in [0.15, 0.2) is 5.75 Å². The number of morpholine rings is 1. The fraction of sp³-hybridized carbons (Fsp3) is 0.600. The van der Waals surface area contributed by atoms with E-state index in [1.165, 1.54) is 0 Å². The van der Waals surface area contributed by atoms with Gasteiger partial charge in [-0.1, -0.05) is 0 Å². The number of nitrogens with one attached hydrogen (secondary N) is 2. The minimum atomic E-state index is -2.68. The maximum absolute atomic E-state index is 13.1. The SMILES string of the molecule is COc1cnc(Nc2ccc(N3CCOCC3)cc2)nc1OCC1CCC(NCC(C)(F)F)CC1. The van der Waals surface area contributed by atoms with E-state index in [0.29, 0.717) is 30.1 Å². The van der Waals surface area contributed by atoms with Crippen LogP contribution in [0.1, 0.15) is 32.6 Å². The molecule has 1 saturated heterocycles. The number of hydrogen-bond donors (Lipinski definition) is 2. The maximum Gasteiger partial charge on any atom is 0.262 e. The molecule has 0 radical (unpaired) electrons. The lowest BCUT2D eigenvalue weighted by Gasteiger charge is -2.29. The summed E-state index contributed by atoms with van der Waals surface area (Å²) >= 11 is 0. The van der Waals surface area contributed by atoms with E-state index in [9.17, 15) is 8.78 Å². The van der Waals surface area contributed by atoms with Gasteiger partial charge < -0.3 is 29.7 Å². The van der Waals surface area contributed by atoms with Gasteiger partial charge in [-0.3, -0.25) is 0 Å². The molecule has 2 fully saturated rings. The Morgan fingerprint density at radius 2 is 1.83 bits per heavy atom. The van der Waals surface area contributed by atoms with Crippen LogP contribution < -0.4 is 25.0 Å². The van der Waals surface area contributed by atoms with Crippen LogP contribution in [-0.2, 0) is 4.74 Å². The highest BCUT2D eigenvalue weighted by Crippen LogP contribution is 2.30. The third-order valence-electron chi connectivity index (χ3n) is 6.45. The average molecular weight is 492 g/mol. The first kappa shape index (κ1) is 25.4. The molecule has 10 heteroatoms. The molecule has 0 spiro atoms. The molecule has 0 atom stereocenters. The molecule has 2 heterocycles. The van der Waals surface area contributed by atoms with Crippen molar-refractivity contribution in [3.63, 3.8) is 0 Å². The van der Waals surface area contributed by atoms with Crippen LogP contribution in [0.3, 0.4) is 0 Å². The standard InChI is InChI=1S/C25H35F2N5O3/c1-25(26,27)17-29-19-5-3-18(4-6-19)16-35-23-22(33-2)15-28-24(31-23)30-20-7-9-21(10-8-20)32-11-13-34-14-12-32/h7-10,15,18-19,29H,3-6,11-14,16-17H2,1-2H3,(H,28,30,31). The van der Waals surface area contributed by atoms with Crippen molar-refractivity contribution in [2.24, 2.45) is 5.92 Å². The van der Waals surface area contributed by atoms with Crippen LogP contribution in [0.4, 0.5) is 26.1 Å². The summed E-state index contributed by atoms with van der Waals surface area (Å²) in [6, 6.07) is 8.28. The minimum Gasteiger partial charge on any atom is -0.490 e. The highest BCUT2D eigenvalue weighted by atomic mass is 19.3. The first-order chi connectivity index (χ1) is 16.9. The largest absolute Gasteiger partial charge is 0.490 e. The Kier molecular flexibility index (Phi) is 8.56. The normalized spacial score (nSPS) is 21.0. The zero-order valence-corrected chi connectivity index (χ0v) is 20.4. The van der Waals surface area contributed by atoms with E-state index in [1.807, 2.05) is 12.1 Å². The van der Waals surface area contributed by atoms with Crippen molar-refractivity contribution in [2.45, 2.75) is 44.6 Å². The van der Waals surface area contributed by atoms with Gasteiger partial charge in [0.1, 0.15) is 0 Å². The Balaban J connectivity index is 1.29. The molecule has 0 bridgehead atoms. The number of ether oxygens (including phenoxy) is 3. The number of aromatic nitrogens is 2. The van der Waals surface area contributed by atoms with E-state index in [-0.39, 0.29) is 12.6 Å². The van der Waals surface area contributed by atoms with Crippen molar-refractivity contribution in [1.29, 1.82) is 0 Å². The zero-order chi connectivity index (χ0) is 24.7. The van der Waals surface area contributed by atoms with Gasteiger partial charge in [-0.15, -0.1) is 0 Å². The van der Waals surface area contributed by atoms with E-state index in [1.54, 1.807) is 13.3 Å². The second kappa shape index (κ2) is 11.8. The molecule has 8 nitrogen and oxygen atoms in total. The van der Waals surface area contributed by atoms with E-state index in [0.717, 1.165) is 70.3 Å². The smallest absolute Gasteiger partial charge is 0.262 e. The average Bonchev–Trinajstić information content (AvgIpc) is 2.87. The molecule has 1 aliphatic heterocycles. The number of alkyl halides is 2. The van der Waals surface area contributed by atoms with Crippen molar-refractivity contribution < 1.29 is 23.0 Å². The molecule has 2 N–H and O–H groups in total. The highest BCUT2D eigenvalue weighted by Gasteiger charge is 2.26. The van der Waals surface area contributed by atoms with Gasteiger partial charge in [0.2, 0.25) is 5.95 Å². The van der Waals surface area contributed by atoms with Gasteiger partial charge in [0.25, 0.3) is 11.8 Å². The predicted octanol–water partition coefficient (Wildman–Crippen LogP) is 4.25. The summed E-state index contributed by atoms with van der Waals surface area (Å²) < 4.78 is 43.0. The molecule has 1 aliphatic carbocycles. The van der Waals surface area contributed by atoms with Crippen LogP contribution in [0, 0.1) is 5.92 Å². The van der Waals surface area contributed by atoms with Crippen LogP contribution in [0.25, 0.3) is 0 Å². The van der Waals surface area contributed by atoms with Crippen LogP contribution >= 0.6 is 0 Å². The first-order valence-electron chi connectivity index (χ1n) is 12.2. The van der Waals surface area contributed by atoms with Gasteiger partial charge in [0.05, 0.1) is 39.7 Å². The molecule has 4 rings (SSSR count). The van der Waals surface area contributed by atoms with E-state index in [2.05, 4.69) is 37.6 Å². The van der Waals surface area contributed by atoms with Gasteiger partial charge in [-0.05, 0) is 55.9 Å². The fourth-order valence-corrected chi connectivity index (χ4v) is 4.42. The summed E-state index contributed by atoms with van der Waals surface area (Å²) in [5.74, 6) is -1.05. The summed E-state index contributed by atoms with van der Waals surface area (Å²) in [6.07, 6.45) is 5.15. The van der Waals surface area contributed by atoms with Crippen LogP contribution in [0.15, 0.2) is 30.5 Å². The Hall–Kier alpha value is -2.72. The number of halogens is 2. The van der Waals surface area contributed by atoms with Gasteiger partial charge in [-0.2, -0.15) is 4.98 Å². The van der Waals surface area contributed by atoms with Gasteiger partial charge in [-0.25, -0.2) is 13.8 Å². The summed E-state index contributed by atoms with van der Waals surface area (Å²) in [5, 5.41) is 6.20. The molecule has 192 valence electrons. The van der Waals surface area contributed by atoms with Crippen LogP contribution in [-0.4, -0.2) is 68.5 Å². The van der Waals surface area contributed by atoms with Gasteiger partial charge in [0, 0.05) is 37.4 Å². The third-order valence-corrected chi connectivity index (χ3v) is 6.45. The molecule has 0 amide bonds. The Morgan fingerprint density at radius 3 is 2.49 bits per heavy atom. The van der Waals surface area contributed by atoms with Gasteiger partial charge >= 0.3 is 0 Å². The number of methoxy groups -OCH3 is 1. The summed E-state index contributed by atoms with van der Waals surface area (Å²) in [4.78, 5) is 11.2. The fourth-order valence-electron chi connectivity index (χ4n) is 4.42. The topological polar surface area (TPSA) is 80.8 Å². The Labute approximate surface area is 205 Å². The molecule has 1 aromatic heterocycles. The predicted molar refractivity (Wildman–Crippen MR) is 131 cm³/mol. The summed E-state index contributed by atoms with van der Waals surface area (Å²) in [7, 11) is 1.56. The van der Waals surface area contributed by atoms with Crippen molar-refractivity contribution in [3.8, 4) is 11.6 Å². The van der Waals surface area contributed by atoms with Crippen molar-refractivity contribution in [3.05, 3.63) is 30.5 Å². The maximum atomic E-state index is 13.1. The molecule has 2 aliphatic rings. The molecule has 1 saturated carbocycles. The zero-order valence-electron chi connectivity index (χ0n) is 20.4. The van der Waals surface area contributed by atoms with Crippen LogP contribution in [0.5, 0.6) is 11.6 Å². The number of benzene rings is 1. The van der Waals surface area contributed by atoms with Crippen molar-refractivity contribution >= 4 is 17.3 Å². The van der Waals surface area contributed by atoms with E-state index >= 15 is 0 Å².